The second-order valence-electron chi connectivity index (χ2n) is 5.72. The maximum Gasteiger partial charge on any atom is 0.264 e. The summed E-state index contributed by atoms with van der Waals surface area (Å²) >= 11 is 1.36. The van der Waals surface area contributed by atoms with Crippen molar-refractivity contribution in [3.05, 3.63) is 64.1 Å². The Morgan fingerprint density at radius 2 is 1.96 bits per heavy atom. The predicted molar refractivity (Wildman–Crippen MR) is 104 cm³/mol. The Morgan fingerprint density at radius 3 is 2.60 bits per heavy atom. The molecule has 1 fully saturated rings. The zero-order chi connectivity index (χ0) is 17.8. The number of aliphatic imine (C=N–C) groups is 1. The quantitative estimate of drug-likeness (QED) is 0.827. The molecule has 3 rings (SSSR count). The van der Waals surface area contributed by atoms with Gasteiger partial charge in [-0.15, -0.1) is 0 Å². The summed E-state index contributed by atoms with van der Waals surface area (Å²) in [6.45, 7) is 4.11. The first kappa shape index (κ1) is 17.3. The Morgan fingerprint density at radius 1 is 1.20 bits per heavy atom. The van der Waals surface area contributed by atoms with Gasteiger partial charge >= 0.3 is 0 Å². The van der Waals surface area contributed by atoms with Crippen LogP contribution in [0.15, 0.2) is 52.4 Å². The molecule has 1 aliphatic heterocycles. The number of nitrogens with one attached hydrogen (secondary N) is 1. The lowest BCUT2D eigenvalue weighted by atomic mass is 10.1. The van der Waals surface area contributed by atoms with Crippen LogP contribution >= 0.6 is 11.8 Å². The molecule has 0 bridgehead atoms. The molecule has 1 N–H and O–H groups in total. The first-order valence-corrected chi connectivity index (χ1v) is 8.94. The highest BCUT2D eigenvalue weighted by atomic mass is 32.2. The summed E-state index contributed by atoms with van der Waals surface area (Å²) in [4.78, 5) is 17.4. The summed E-state index contributed by atoms with van der Waals surface area (Å²) in [5.74, 6) is 0.685. The summed E-state index contributed by atoms with van der Waals surface area (Å²) in [7, 11) is 1.64. The van der Waals surface area contributed by atoms with Gasteiger partial charge in [0, 0.05) is 0 Å². The molecule has 1 aliphatic rings. The van der Waals surface area contributed by atoms with Gasteiger partial charge in [0.05, 0.1) is 17.7 Å². The molecule has 0 aliphatic carbocycles. The van der Waals surface area contributed by atoms with E-state index >= 15 is 0 Å². The van der Waals surface area contributed by atoms with Crippen molar-refractivity contribution in [1.29, 1.82) is 0 Å². The van der Waals surface area contributed by atoms with Crippen molar-refractivity contribution in [2.45, 2.75) is 20.3 Å². The Bertz CT molecular complexity index is 854. The molecule has 25 heavy (non-hydrogen) atoms. The fraction of sp³-hybridized carbons (Fsp3) is 0.200. The van der Waals surface area contributed by atoms with Crippen molar-refractivity contribution in [1.82, 2.24) is 5.32 Å². The molecule has 4 nitrogen and oxygen atoms in total. The Balaban J connectivity index is 1.80. The van der Waals surface area contributed by atoms with Gasteiger partial charge in [0.2, 0.25) is 0 Å². The molecule has 128 valence electrons. The van der Waals surface area contributed by atoms with Gasteiger partial charge in [-0.05, 0) is 72.1 Å². The molecule has 1 heterocycles. The van der Waals surface area contributed by atoms with Crippen molar-refractivity contribution < 1.29 is 9.53 Å². The SMILES string of the molecule is CCc1ccc(N=C2NC(=O)/C(=C/c3ccc(OC)cc3C)S2)cc1. The number of thioether (sulfide) groups is 1. The topological polar surface area (TPSA) is 50.7 Å². The van der Waals surface area contributed by atoms with E-state index in [-0.39, 0.29) is 5.91 Å². The molecule has 0 atom stereocenters. The average molecular weight is 352 g/mol. The molecule has 0 saturated carbocycles. The van der Waals surface area contributed by atoms with Crippen LogP contribution < -0.4 is 10.1 Å². The van der Waals surface area contributed by atoms with Crippen LogP contribution in [-0.2, 0) is 11.2 Å². The molecule has 0 spiro atoms. The van der Waals surface area contributed by atoms with Gasteiger partial charge in [-0.1, -0.05) is 25.1 Å². The summed E-state index contributed by atoms with van der Waals surface area (Å²) < 4.78 is 5.22. The first-order valence-electron chi connectivity index (χ1n) is 8.12. The number of carbonyl (C=O) groups is 1. The van der Waals surface area contributed by atoms with Crippen LogP contribution in [0.4, 0.5) is 5.69 Å². The van der Waals surface area contributed by atoms with Crippen LogP contribution in [0, 0.1) is 6.92 Å². The molecule has 1 amide bonds. The average Bonchev–Trinajstić information content (AvgIpc) is 2.96. The second-order valence-corrected chi connectivity index (χ2v) is 6.75. The fourth-order valence-electron chi connectivity index (χ4n) is 2.48. The van der Waals surface area contributed by atoms with Crippen molar-refractivity contribution in [3.63, 3.8) is 0 Å². The number of amides is 1. The Labute approximate surface area is 152 Å². The molecule has 2 aromatic rings. The number of hydrogen-bond donors (Lipinski definition) is 1. The fourth-order valence-corrected chi connectivity index (χ4v) is 3.32. The van der Waals surface area contributed by atoms with E-state index in [1.165, 1.54) is 17.3 Å². The molecule has 0 radical (unpaired) electrons. The third-order valence-corrected chi connectivity index (χ3v) is 4.90. The van der Waals surface area contributed by atoms with E-state index in [4.69, 9.17) is 4.74 Å². The van der Waals surface area contributed by atoms with E-state index < -0.39 is 0 Å². The maximum absolute atomic E-state index is 12.2. The van der Waals surface area contributed by atoms with Crippen molar-refractivity contribution in [3.8, 4) is 5.75 Å². The van der Waals surface area contributed by atoms with E-state index in [9.17, 15) is 4.79 Å². The maximum atomic E-state index is 12.2. The van der Waals surface area contributed by atoms with Gasteiger partial charge in [-0.2, -0.15) is 0 Å². The minimum atomic E-state index is -0.121. The van der Waals surface area contributed by atoms with E-state index in [1.54, 1.807) is 7.11 Å². The van der Waals surface area contributed by atoms with Crippen molar-refractivity contribution >= 4 is 34.6 Å². The van der Waals surface area contributed by atoms with Gasteiger partial charge in [0.1, 0.15) is 5.75 Å². The predicted octanol–water partition coefficient (Wildman–Crippen LogP) is 4.46. The standard InChI is InChI=1S/C20H20N2O2S/c1-4-14-5-8-16(9-6-14)21-20-22-19(23)18(25-20)12-15-7-10-17(24-3)11-13(15)2/h5-12H,4H2,1-3H3,(H,21,22,23)/b18-12-. The molecule has 1 saturated heterocycles. The van der Waals surface area contributed by atoms with Crippen molar-refractivity contribution in [2.75, 3.05) is 7.11 Å². The lowest BCUT2D eigenvalue weighted by Crippen LogP contribution is -2.19. The highest BCUT2D eigenvalue weighted by Crippen LogP contribution is 2.29. The minimum Gasteiger partial charge on any atom is -0.497 e. The number of carbonyl (C=O) groups excluding carboxylic acids is 1. The van der Waals surface area contributed by atoms with E-state index in [0.29, 0.717) is 10.1 Å². The van der Waals surface area contributed by atoms with Crippen LogP contribution in [-0.4, -0.2) is 18.2 Å². The second kappa shape index (κ2) is 7.57. The normalized spacial score (nSPS) is 17.2. The Hall–Kier alpha value is -2.53. The summed E-state index contributed by atoms with van der Waals surface area (Å²) in [6.07, 6.45) is 2.88. The largest absolute Gasteiger partial charge is 0.497 e. The molecule has 0 aromatic heterocycles. The van der Waals surface area contributed by atoms with E-state index in [1.807, 2.05) is 43.3 Å². The summed E-state index contributed by atoms with van der Waals surface area (Å²) in [5, 5.41) is 3.43. The Kier molecular flexibility index (Phi) is 5.24. The number of nitrogens with zero attached hydrogens (tertiary/aromatic N) is 1. The lowest BCUT2D eigenvalue weighted by Gasteiger charge is -2.04. The van der Waals surface area contributed by atoms with Crippen LogP contribution in [0.25, 0.3) is 6.08 Å². The van der Waals surface area contributed by atoms with E-state index in [0.717, 1.165) is 29.0 Å². The van der Waals surface area contributed by atoms with Crippen LogP contribution in [0.1, 0.15) is 23.6 Å². The van der Waals surface area contributed by atoms with Crippen LogP contribution in [0.3, 0.4) is 0 Å². The molecule has 5 heteroatoms. The number of hydrogen-bond acceptors (Lipinski definition) is 4. The smallest absolute Gasteiger partial charge is 0.264 e. The highest BCUT2D eigenvalue weighted by molar-refractivity contribution is 8.18. The van der Waals surface area contributed by atoms with Gasteiger partial charge in [0.15, 0.2) is 5.17 Å². The van der Waals surface area contributed by atoms with E-state index in [2.05, 4.69) is 29.4 Å². The molecule has 2 aromatic carbocycles. The van der Waals surface area contributed by atoms with Gasteiger partial charge < -0.3 is 10.1 Å². The number of aryl methyl sites for hydroxylation is 2. The van der Waals surface area contributed by atoms with Crippen molar-refractivity contribution in [2.24, 2.45) is 4.99 Å². The zero-order valence-electron chi connectivity index (χ0n) is 14.5. The van der Waals surface area contributed by atoms with Crippen LogP contribution in [0.5, 0.6) is 5.75 Å². The molecular formula is C20H20N2O2S. The number of methoxy groups -OCH3 is 1. The van der Waals surface area contributed by atoms with Crippen LogP contribution in [0.2, 0.25) is 0 Å². The van der Waals surface area contributed by atoms with Gasteiger partial charge in [-0.3, -0.25) is 4.79 Å². The monoisotopic (exact) mass is 352 g/mol. The summed E-state index contributed by atoms with van der Waals surface area (Å²) in [6, 6.07) is 13.8. The molecule has 0 unspecified atom stereocenters. The highest BCUT2D eigenvalue weighted by Gasteiger charge is 2.24. The third kappa shape index (κ3) is 4.12. The number of rotatable bonds is 4. The third-order valence-electron chi connectivity index (χ3n) is 3.99. The number of amidine groups is 1. The van der Waals surface area contributed by atoms with Gasteiger partial charge in [-0.25, -0.2) is 4.99 Å². The zero-order valence-corrected chi connectivity index (χ0v) is 15.3. The number of benzene rings is 2. The first-order chi connectivity index (χ1) is 12.1. The lowest BCUT2D eigenvalue weighted by molar-refractivity contribution is -0.115. The minimum absolute atomic E-state index is 0.121. The summed E-state index contributed by atoms with van der Waals surface area (Å²) in [5.41, 5.74) is 4.15. The molecular weight excluding hydrogens is 332 g/mol. The number of ether oxygens (including phenoxy) is 1. The van der Waals surface area contributed by atoms with Gasteiger partial charge in [0.25, 0.3) is 5.91 Å².